The van der Waals surface area contributed by atoms with E-state index >= 15 is 0 Å². The fourth-order valence-corrected chi connectivity index (χ4v) is 2.40. The predicted molar refractivity (Wildman–Crippen MR) is 76.9 cm³/mol. The van der Waals surface area contributed by atoms with Gasteiger partial charge in [-0.3, -0.25) is 9.69 Å². The Labute approximate surface area is 116 Å². The molecule has 0 aromatic carbocycles. The van der Waals surface area contributed by atoms with E-state index in [2.05, 4.69) is 24.1 Å². The molecule has 19 heavy (non-hydrogen) atoms. The average molecular weight is 271 g/mol. The Morgan fingerprint density at radius 3 is 2.47 bits per heavy atom. The van der Waals surface area contributed by atoms with Crippen molar-refractivity contribution in [1.29, 1.82) is 0 Å². The molecule has 2 unspecified atom stereocenters. The molecule has 0 aromatic rings. The molecule has 3 atom stereocenters. The van der Waals surface area contributed by atoms with Crippen molar-refractivity contribution < 1.29 is 9.53 Å². The molecular formula is C14H29N3O2. The van der Waals surface area contributed by atoms with Gasteiger partial charge in [-0.25, -0.2) is 0 Å². The predicted octanol–water partition coefficient (Wildman–Crippen LogP) is 0.585. The Balaban J connectivity index is 2.15. The van der Waals surface area contributed by atoms with Crippen molar-refractivity contribution in [2.24, 2.45) is 11.7 Å². The van der Waals surface area contributed by atoms with Crippen LogP contribution in [0.15, 0.2) is 0 Å². The number of amides is 1. The van der Waals surface area contributed by atoms with Crippen LogP contribution in [0.4, 0.5) is 0 Å². The zero-order valence-corrected chi connectivity index (χ0v) is 12.7. The summed E-state index contributed by atoms with van der Waals surface area (Å²) in [6, 6.07) is -0.400. The lowest BCUT2D eigenvalue weighted by molar-refractivity contribution is -0.123. The van der Waals surface area contributed by atoms with Crippen LogP contribution < -0.4 is 11.1 Å². The van der Waals surface area contributed by atoms with E-state index in [-0.39, 0.29) is 11.8 Å². The van der Waals surface area contributed by atoms with E-state index in [9.17, 15) is 4.79 Å². The van der Waals surface area contributed by atoms with Crippen molar-refractivity contribution in [2.75, 3.05) is 26.2 Å². The van der Waals surface area contributed by atoms with Gasteiger partial charge in [0.05, 0.1) is 18.2 Å². The first-order chi connectivity index (χ1) is 8.90. The Morgan fingerprint density at radius 2 is 1.95 bits per heavy atom. The average Bonchev–Trinajstić information content (AvgIpc) is 2.32. The SMILES string of the molecule is CC1CN(CCCNC(=O)[C@@H](N)C(C)C)CC(C)O1. The summed E-state index contributed by atoms with van der Waals surface area (Å²) in [5, 5.41) is 2.90. The highest BCUT2D eigenvalue weighted by atomic mass is 16.5. The third kappa shape index (κ3) is 5.89. The maximum absolute atomic E-state index is 11.7. The van der Waals surface area contributed by atoms with E-state index in [1.165, 1.54) is 0 Å². The molecule has 1 saturated heterocycles. The molecule has 1 aliphatic heterocycles. The molecule has 0 aromatic heterocycles. The van der Waals surface area contributed by atoms with Crippen molar-refractivity contribution in [3.8, 4) is 0 Å². The summed E-state index contributed by atoms with van der Waals surface area (Å²) in [6.45, 7) is 11.8. The number of nitrogens with one attached hydrogen (secondary N) is 1. The Bertz CT molecular complexity index is 274. The van der Waals surface area contributed by atoms with Gasteiger partial charge in [0, 0.05) is 26.2 Å². The van der Waals surface area contributed by atoms with Crippen LogP contribution in [0.5, 0.6) is 0 Å². The van der Waals surface area contributed by atoms with Gasteiger partial charge in [0.25, 0.3) is 0 Å². The zero-order chi connectivity index (χ0) is 14.4. The molecule has 1 rings (SSSR count). The topological polar surface area (TPSA) is 67.6 Å². The summed E-state index contributed by atoms with van der Waals surface area (Å²) in [5.74, 6) is 0.139. The number of ether oxygens (including phenoxy) is 1. The molecule has 0 spiro atoms. The lowest BCUT2D eigenvalue weighted by Crippen LogP contribution is -2.47. The maximum atomic E-state index is 11.7. The number of nitrogens with two attached hydrogens (primary N) is 1. The van der Waals surface area contributed by atoms with E-state index in [1.54, 1.807) is 0 Å². The molecule has 0 radical (unpaired) electrons. The second-order valence-electron chi connectivity index (χ2n) is 5.93. The normalized spacial score (nSPS) is 26.4. The largest absolute Gasteiger partial charge is 0.373 e. The second-order valence-corrected chi connectivity index (χ2v) is 5.93. The van der Waals surface area contributed by atoms with Crippen LogP contribution in [0.2, 0.25) is 0 Å². The molecule has 0 bridgehead atoms. The Hall–Kier alpha value is -0.650. The molecule has 1 amide bonds. The van der Waals surface area contributed by atoms with E-state index < -0.39 is 6.04 Å². The molecule has 112 valence electrons. The number of hydrogen-bond acceptors (Lipinski definition) is 4. The summed E-state index contributed by atoms with van der Waals surface area (Å²) < 4.78 is 5.69. The van der Waals surface area contributed by atoms with E-state index in [0.29, 0.717) is 18.8 Å². The van der Waals surface area contributed by atoms with Gasteiger partial charge in [-0.2, -0.15) is 0 Å². The van der Waals surface area contributed by atoms with Crippen LogP contribution in [0.1, 0.15) is 34.1 Å². The molecule has 0 saturated carbocycles. The summed E-state index contributed by atoms with van der Waals surface area (Å²) >= 11 is 0. The van der Waals surface area contributed by atoms with Crippen LogP contribution in [-0.4, -0.2) is 55.2 Å². The van der Waals surface area contributed by atoms with Gasteiger partial charge in [-0.1, -0.05) is 13.8 Å². The van der Waals surface area contributed by atoms with Crippen molar-refractivity contribution in [3.63, 3.8) is 0 Å². The molecule has 1 heterocycles. The van der Waals surface area contributed by atoms with Crippen LogP contribution in [0, 0.1) is 5.92 Å². The minimum Gasteiger partial charge on any atom is -0.373 e. The van der Waals surface area contributed by atoms with Gasteiger partial charge in [-0.15, -0.1) is 0 Å². The first-order valence-corrected chi connectivity index (χ1v) is 7.31. The van der Waals surface area contributed by atoms with Gasteiger partial charge in [-0.05, 0) is 26.2 Å². The molecule has 5 nitrogen and oxygen atoms in total. The highest BCUT2D eigenvalue weighted by molar-refractivity contribution is 5.81. The number of morpholine rings is 1. The van der Waals surface area contributed by atoms with Crippen LogP contribution in [0.3, 0.4) is 0 Å². The minimum atomic E-state index is -0.400. The zero-order valence-electron chi connectivity index (χ0n) is 12.7. The van der Waals surface area contributed by atoms with E-state index in [0.717, 1.165) is 26.1 Å². The Kier molecular flexibility index (Phi) is 6.75. The van der Waals surface area contributed by atoms with Crippen LogP contribution in [0.25, 0.3) is 0 Å². The van der Waals surface area contributed by atoms with Crippen molar-refractivity contribution >= 4 is 5.91 Å². The molecule has 1 aliphatic rings. The number of hydrogen-bond donors (Lipinski definition) is 2. The van der Waals surface area contributed by atoms with Crippen molar-refractivity contribution in [3.05, 3.63) is 0 Å². The monoisotopic (exact) mass is 271 g/mol. The summed E-state index contributed by atoms with van der Waals surface area (Å²) in [4.78, 5) is 14.1. The fraction of sp³-hybridized carbons (Fsp3) is 0.929. The number of rotatable bonds is 6. The van der Waals surface area contributed by atoms with Crippen molar-refractivity contribution in [2.45, 2.75) is 52.4 Å². The molecule has 1 fully saturated rings. The number of carbonyl (C=O) groups is 1. The third-order valence-corrected chi connectivity index (χ3v) is 3.47. The van der Waals surface area contributed by atoms with Crippen molar-refractivity contribution in [1.82, 2.24) is 10.2 Å². The highest BCUT2D eigenvalue weighted by Gasteiger charge is 2.21. The molecule has 5 heteroatoms. The van der Waals surface area contributed by atoms with Gasteiger partial charge >= 0.3 is 0 Å². The minimum absolute atomic E-state index is 0.0429. The molecular weight excluding hydrogens is 242 g/mol. The van der Waals surface area contributed by atoms with Crippen LogP contribution >= 0.6 is 0 Å². The van der Waals surface area contributed by atoms with Crippen LogP contribution in [-0.2, 0) is 9.53 Å². The third-order valence-electron chi connectivity index (χ3n) is 3.47. The van der Waals surface area contributed by atoms with Gasteiger partial charge in [0.15, 0.2) is 0 Å². The molecule has 0 aliphatic carbocycles. The molecule has 3 N–H and O–H groups in total. The quantitative estimate of drug-likeness (QED) is 0.694. The maximum Gasteiger partial charge on any atom is 0.237 e. The number of carbonyl (C=O) groups excluding carboxylic acids is 1. The summed E-state index contributed by atoms with van der Waals surface area (Å²) in [7, 11) is 0. The standard InChI is InChI=1S/C14H29N3O2/c1-10(2)13(15)14(18)16-6-5-7-17-8-11(3)19-12(4)9-17/h10-13H,5-9,15H2,1-4H3,(H,16,18)/t11?,12?,13-/m0/s1. The smallest absolute Gasteiger partial charge is 0.237 e. The van der Waals surface area contributed by atoms with E-state index in [1.807, 2.05) is 13.8 Å². The first-order valence-electron chi connectivity index (χ1n) is 7.31. The van der Waals surface area contributed by atoms with Gasteiger partial charge in [0.2, 0.25) is 5.91 Å². The summed E-state index contributed by atoms with van der Waals surface area (Å²) in [6.07, 6.45) is 1.55. The van der Waals surface area contributed by atoms with E-state index in [4.69, 9.17) is 10.5 Å². The lowest BCUT2D eigenvalue weighted by atomic mass is 10.1. The highest BCUT2D eigenvalue weighted by Crippen LogP contribution is 2.10. The number of nitrogens with zero attached hydrogens (tertiary/aromatic N) is 1. The van der Waals surface area contributed by atoms with Gasteiger partial charge < -0.3 is 15.8 Å². The summed E-state index contributed by atoms with van der Waals surface area (Å²) in [5.41, 5.74) is 5.78. The first kappa shape index (κ1) is 16.4. The fourth-order valence-electron chi connectivity index (χ4n) is 2.40. The Morgan fingerprint density at radius 1 is 1.37 bits per heavy atom. The second kappa shape index (κ2) is 7.82. The lowest BCUT2D eigenvalue weighted by Gasteiger charge is -2.35. The van der Waals surface area contributed by atoms with Gasteiger partial charge in [0.1, 0.15) is 0 Å².